The van der Waals surface area contributed by atoms with Crippen LogP contribution < -0.4 is 5.32 Å². The minimum absolute atomic E-state index is 0.00273. The molecule has 3 heteroatoms. The molecule has 1 saturated carbocycles. The molecule has 0 amide bonds. The molecule has 1 N–H and O–H groups in total. The molecule has 19 heavy (non-hydrogen) atoms. The van der Waals surface area contributed by atoms with Gasteiger partial charge in [-0.15, -0.1) is 0 Å². The van der Waals surface area contributed by atoms with Gasteiger partial charge in [-0.2, -0.15) is 0 Å². The summed E-state index contributed by atoms with van der Waals surface area (Å²) < 4.78 is 0. The number of pyridine rings is 1. The van der Waals surface area contributed by atoms with Gasteiger partial charge in [-0.1, -0.05) is 12.8 Å². The molecule has 1 aromatic rings. The van der Waals surface area contributed by atoms with Crippen molar-refractivity contribution in [3.8, 4) is 0 Å². The Bertz CT molecular complexity index is 472. The number of rotatable bonds is 2. The maximum atomic E-state index is 12.5. The van der Waals surface area contributed by atoms with Crippen LogP contribution >= 0.6 is 0 Å². The van der Waals surface area contributed by atoms with Gasteiger partial charge in [0.25, 0.3) is 0 Å². The minimum Gasteiger partial charge on any atom is -0.304 e. The maximum absolute atomic E-state index is 12.5. The summed E-state index contributed by atoms with van der Waals surface area (Å²) in [5, 5.41) is 3.60. The van der Waals surface area contributed by atoms with E-state index in [1.165, 1.54) is 32.1 Å². The SMILES string of the molecule is Cc1cncc(C(=O)C2CCC3CCCCC3N2)c1. The number of piperidine rings is 1. The molecule has 2 heterocycles. The Morgan fingerprint density at radius 1 is 1.21 bits per heavy atom. The van der Waals surface area contributed by atoms with Gasteiger partial charge in [0, 0.05) is 24.0 Å². The number of ketones is 1. The summed E-state index contributed by atoms with van der Waals surface area (Å²) in [5.41, 5.74) is 1.81. The van der Waals surface area contributed by atoms with Crippen LogP contribution in [-0.4, -0.2) is 22.9 Å². The van der Waals surface area contributed by atoms with E-state index in [2.05, 4.69) is 10.3 Å². The highest BCUT2D eigenvalue weighted by Gasteiger charge is 2.34. The van der Waals surface area contributed by atoms with Gasteiger partial charge in [-0.3, -0.25) is 9.78 Å². The molecule has 2 fully saturated rings. The predicted molar refractivity (Wildman–Crippen MR) is 75.2 cm³/mol. The fourth-order valence-corrected chi connectivity index (χ4v) is 3.59. The molecule has 3 nitrogen and oxygen atoms in total. The second-order valence-electron chi connectivity index (χ2n) is 6.06. The lowest BCUT2D eigenvalue weighted by Crippen LogP contribution is -2.52. The molecular weight excluding hydrogens is 236 g/mol. The molecule has 102 valence electrons. The average molecular weight is 258 g/mol. The number of carbonyl (C=O) groups excluding carboxylic acids is 1. The van der Waals surface area contributed by atoms with Gasteiger partial charge in [-0.05, 0) is 50.2 Å². The third-order valence-corrected chi connectivity index (χ3v) is 4.63. The topological polar surface area (TPSA) is 42.0 Å². The molecule has 1 saturated heterocycles. The van der Waals surface area contributed by atoms with Crippen molar-refractivity contribution >= 4 is 5.78 Å². The van der Waals surface area contributed by atoms with Gasteiger partial charge < -0.3 is 5.32 Å². The molecular formula is C16H22N2O. The van der Waals surface area contributed by atoms with Crippen LogP contribution in [0, 0.1) is 12.8 Å². The van der Waals surface area contributed by atoms with Crippen molar-refractivity contribution in [3.63, 3.8) is 0 Å². The highest BCUT2D eigenvalue weighted by Crippen LogP contribution is 2.32. The maximum Gasteiger partial charge on any atom is 0.181 e. The van der Waals surface area contributed by atoms with E-state index in [0.717, 1.165) is 23.5 Å². The van der Waals surface area contributed by atoms with E-state index in [0.29, 0.717) is 6.04 Å². The number of nitrogens with zero attached hydrogens (tertiary/aromatic N) is 1. The molecule has 3 unspecified atom stereocenters. The first-order chi connectivity index (χ1) is 9.24. The number of aromatic nitrogens is 1. The Labute approximate surface area is 114 Å². The van der Waals surface area contributed by atoms with Crippen molar-refractivity contribution in [2.45, 2.75) is 57.5 Å². The van der Waals surface area contributed by atoms with Crippen LogP contribution in [0.3, 0.4) is 0 Å². The molecule has 0 spiro atoms. The van der Waals surface area contributed by atoms with Crippen LogP contribution in [0.15, 0.2) is 18.5 Å². The first kappa shape index (κ1) is 12.8. The lowest BCUT2D eigenvalue weighted by atomic mass is 9.77. The Balaban J connectivity index is 1.71. The molecule has 3 rings (SSSR count). The number of hydrogen-bond acceptors (Lipinski definition) is 3. The van der Waals surface area contributed by atoms with Crippen molar-refractivity contribution in [1.82, 2.24) is 10.3 Å². The zero-order chi connectivity index (χ0) is 13.2. The lowest BCUT2D eigenvalue weighted by molar-refractivity contribution is 0.0861. The predicted octanol–water partition coefficient (Wildman–Crippen LogP) is 2.88. The van der Waals surface area contributed by atoms with Crippen LogP contribution in [0.1, 0.15) is 54.4 Å². The van der Waals surface area contributed by atoms with Gasteiger partial charge in [0.1, 0.15) is 0 Å². The fraction of sp³-hybridized carbons (Fsp3) is 0.625. The van der Waals surface area contributed by atoms with Gasteiger partial charge >= 0.3 is 0 Å². The van der Waals surface area contributed by atoms with E-state index in [9.17, 15) is 4.79 Å². The minimum atomic E-state index is 0.00273. The Hall–Kier alpha value is -1.22. The average Bonchev–Trinajstić information content (AvgIpc) is 2.46. The van der Waals surface area contributed by atoms with Crippen molar-refractivity contribution in [1.29, 1.82) is 0 Å². The quantitative estimate of drug-likeness (QED) is 0.829. The Kier molecular flexibility index (Phi) is 3.65. The zero-order valence-electron chi connectivity index (χ0n) is 11.6. The third kappa shape index (κ3) is 2.71. The lowest BCUT2D eigenvalue weighted by Gasteiger charge is -2.40. The molecule has 1 aliphatic carbocycles. The van der Waals surface area contributed by atoms with E-state index in [1.807, 2.05) is 13.0 Å². The number of fused-ring (bicyclic) bond motifs is 1. The van der Waals surface area contributed by atoms with Crippen molar-refractivity contribution < 1.29 is 4.79 Å². The first-order valence-electron chi connectivity index (χ1n) is 7.46. The van der Waals surface area contributed by atoms with E-state index < -0.39 is 0 Å². The zero-order valence-corrected chi connectivity index (χ0v) is 11.6. The highest BCUT2D eigenvalue weighted by molar-refractivity contribution is 6.00. The van der Waals surface area contributed by atoms with Crippen LogP contribution in [0.4, 0.5) is 0 Å². The van der Waals surface area contributed by atoms with E-state index in [1.54, 1.807) is 12.4 Å². The van der Waals surface area contributed by atoms with E-state index in [-0.39, 0.29) is 11.8 Å². The monoisotopic (exact) mass is 258 g/mol. The molecule has 0 radical (unpaired) electrons. The van der Waals surface area contributed by atoms with Crippen molar-refractivity contribution in [2.24, 2.45) is 5.92 Å². The summed E-state index contributed by atoms with van der Waals surface area (Å²) in [5.74, 6) is 1.02. The number of hydrogen-bond donors (Lipinski definition) is 1. The third-order valence-electron chi connectivity index (χ3n) is 4.63. The summed E-state index contributed by atoms with van der Waals surface area (Å²) in [6, 6.07) is 2.52. The van der Waals surface area contributed by atoms with Crippen LogP contribution in [0.5, 0.6) is 0 Å². The van der Waals surface area contributed by atoms with Gasteiger partial charge in [0.2, 0.25) is 0 Å². The molecule has 1 aromatic heterocycles. The number of carbonyl (C=O) groups is 1. The largest absolute Gasteiger partial charge is 0.304 e. The van der Waals surface area contributed by atoms with Crippen LogP contribution in [0.2, 0.25) is 0 Å². The second kappa shape index (κ2) is 5.41. The highest BCUT2D eigenvalue weighted by atomic mass is 16.1. The Morgan fingerprint density at radius 2 is 2.05 bits per heavy atom. The van der Waals surface area contributed by atoms with Crippen LogP contribution in [0.25, 0.3) is 0 Å². The van der Waals surface area contributed by atoms with Gasteiger partial charge in [0.15, 0.2) is 5.78 Å². The molecule has 2 aliphatic rings. The normalized spacial score (nSPS) is 30.7. The summed E-state index contributed by atoms with van der Waals surface area (Å²) >= 11 is 0. The van der Waals surface area contributed by atoms with Crippen molar-refractivity contribution in [3.05, 3.63) is 29.6 Å². The van der Waals surface area contributed by atoms with Crippen LogP contribution in [-0.2, 0) is 0 Å². The van der Waals surface area contributed by atoms with Crippen molar-refractivity contribution in [2.75, 3.05) is 0 Å². The first-order valence-corrected chi connectivity index (χ1v) is 7.46. The summed E-state index contributed by atoms with van der Waals surface area (Å²) in [6.07, 6.45) is 10.9. The Morgan fingerprint density at radius 3 is 2.89 bits per heavy atom. The second-order valence-corrected chi connectivity index (χ2v) is 6.06. The summed E-state index contributed by atoms with van der Waals surface area (Å²) in [7, 11) is 0. The molecule has 0 aromatic carbocycles. The number of Topliss-reactive ketones (excluding diaryl/α,β-unsaturated/α-hetero) is 1. The van der Waals surface area contributed by atoms with E-state index in [4.69, 9.17) is 0 Å². The van der Waals surface area contributed by atoms with Gasteiger partial charge in [0.05, 0.1) is 6.04 Å². The summed E-state index contributed by atoms with van der Waals surface area (Å²) in [4.78, 5) is 16.7. The summed E-state index contributed by atoms with van der Waals surface area (Å²) in [6.45, 7) is 1.98. The van der Waals surface area contributed by atoms with Gasteiger partial charge in [-0.25, -0.2) is 0 Å². The molecule has 0 bridgehead atoms. The number of nitrogens with one attached hydrogen (secondary N) is 1. The number of aryl methyl sites for hydroxylation is 1. The standard InChI is InChI=1S/C16H22N2O/c1-11-8-13(10-17-9-11)16(19)15-7-6-12-4-2-3-5-14(12)18-15/h8-10,12,14-15,18H,2-7H2,1H3. The van der Waals surface area contributed by atoms with E-state index >= 15 is 0 Å². The fourth-order valence-electron chi connectivity index (χ4n) is 3.59. The molecule has 3 atom stereocenters. The smallest absolute Gasteiger partial charge is 0.181 e. The molecule has 1 aliphatic heterocycles.